The molecule has 0 aromatic heterocycles. The average molecular weight is 233 g/mol. The van der Waals surface area contributed by atoms with Gasteiger partial charge in [0.2, 0.25) is 0 Å². The summed E-state index contributed by atoms with van der Waals surface area (Å²) >= 11 is 0. The van der Waals surface area contributed by atoms with Gasteiger partial charge >= 0.3 is 0 Å². The molecule has 0 N–H and O–H groups in total. The van der Waals surface area contributed by atoms with Crippen molar-refractivity contribution in [3.05, 3.63) is 89.4 Å². The molecule has 0 saturated carbocycles. The van der Waals surface area contributed by atoms with Crippen molar-refractivity contribution in [2.24, 2.45) is 0 Å². The van der Waals surface area contributed by atoms with Crippen molar-refractivity contribution in [1.29, 1.82) is 0 Å². The number of allylic oxidation sites excluding steroid dienone is 1. The minimum absolute atomic E-state index is 0.0583. The highest BCUT2D eigenvalue weighted by atomic mass is 14.3. The standard InChI is InChI=1S/C18H17/c1-4-17-13-5-9-15(10-6-13)18(2,3)16-11-7-14(17)8-12-16/h4-12H,1H2,2-3H3. The molecule has 18 heavy (non-hydrogen) atoms. The van der Waals surface area contributed by atoms with E-state index in [-0.39, 0.29) is 5.41 Å². The van der Waals surface area contributed by atoms with Crippen molar-refractivity contribution in [2.45, 2.75) is 19.3 Å². The van der Waals surface area contributed by atoms with Crippen LogP contribution < -0.4 is 0 Å². The summed E-state index contributed by atoms with van der Waals surface area (Å²) in [4.78, 5) is 0. The Labute approximate surface area is 109 Å². The summed E-state index contributed by atoms with van der Waals surface area (Å²) in [5, 5.41) is 0. The van der Waals surface area contributed by atoms with E-state index < -0.39 is 0 Å². The molecule has 0 atom stereocenters. The third kappa shape index (κ3) is 1.53. The molecule has 0 spiro atoms. The minimum atomic E-state index is 0.0583. The first-order valence-corrected chi connectivity index (χ1v) is 6.34. The summed E-state index contributed by atoms with van der Waals surface area (Å²) in [7, 11) is 0. The van der Waals surface area contributed by atoms with Gasteiger partial charge in [-0.05, 0) is 22.3 Å². The molecule has 4 aliphatic rings. The molecule has 89 valence electrons. The van der Waals surface area contributed by atoms with Crippen molar-refractivity contribution in [1.82, 2.24) is 0 Å². The van der Waals surface area contributed by atoms with Gasteiger partial charge in [0.1, 0.15) is 0 Å². The third-order valence-corrected chi connectivity index (χ3v) is 4.04. The molecule has 2 aromatic rings. The van der Waals surface area contributed by atoms with Crippen LogP contribution in [0.4, 0.5) is 0 Å². The van der Waals surface area contributed by atoms with E-state index in [2.05, 4.69) is 69.0 Å². The Morgan fingerprint density at radius 3 is 1.50 bits per heavy atom. The van der Waals surface area contributed by atoms with E-state index in [0.717, 1.165) is 0 Å². The Kier molecular flexibility index (Phi) is 2.41. The van der Waals surface area contributed by atoms with E-state index in [1.807, 2.05) is 6.08 Å². The molecule has 4 bridgehead atoms. The van der Waals surface area contributed by atoms with Gasteiger partial charge in [0.25, 0.3) is 0 Å². The van der Waals surface area contributed by atoms with E-state index in [0.29, 0.717) is 0 Å². The fourth-order valence-corrected chi connectivity index (χ4v) is 2.70. The summed E-state index contributed by atoms with van der Waals surface area (Å²) in [6.45, 7) is 8.49. The second-order valence-corrected chi connectivity index (χ2v) is 5.40. The Balaban J connectivity index is 2.31. The highest BCUT2D eigenvalue weighted by Crippen LogP contribution is 2.36. The fourth-order valence-electron chi connectivity index (χ4n) is 2.70. The topological polar surface area (TPSA) is 0 Å². The van der Waals surface area contributed by atoms with Crippen LogP contribution in [0.15, 0.2) is 61.2 Å². The van der Waals surface area contributed by atoms with Gasteiger partial charge in [0.05, 0.1) is 5.92 Å². The molecule has 0 heterocycles. The zero-order chi connectivity index (χ0) is 12.8. The van der Waals surface area contributed by atoms with E-state index in [1.54, 1.807) is 0 Å². The lowest BCUT2D eigenvalue weighted by Crippen LogP contribution is -2.20. The zero-order valence-electron chi connectivity index (χ0n) is 10.9. The van der Waals surface area contributed by atoms with Crippen LogP contribution in [-0.2, 0) is 5.41 Å². The molecule has 0 unspecified atom stereocenters. The molecule has 0 heteroatoms. The third-order valence-electron chi connectivity index (χ3n) is 4.04. The van der Waals surface area contributed by atoms with Gasteiger partial charge in [0.15, 0.2) is 0 Å². The maximum atomic E-state index is 3.94. The highest BCUT2D eigenvalue weighted by Gasteiger charge is 2.25. The zero-order valence-corrected chi connectivity index (χ0v) is 10.9. The quantitative estimate of drug-likeness (QED) is 0.681. The highest BCUT2D eigenvalue weighted by molar-refractivity contribution is 5.55. The Morgan fingerprint density at radius 2 is 1.17 bits per heavy atom. The van der Waals surface area contributed by atoms with Gasteiger partial charge in [-0.3, -0.25) is 0 Å². The second kappa shape index (κ2) is 3.84. The van der Waals surface area contributed by atoms with Gasteiger partial charge in [-0.2, -0.15) is 0 Å². The van der Waals surface area contributed by atoms with Crippen molar-refractivity contribution in [3.8, 4) is 0 Å². The van der Waals surface area contributed by atoms with Crippen LogP contribution in [0.1, 0.15) is 36.1 Å². The molecule has 0 aliphatic heterocycles. The average Bonchev–Trinajstić information content (AvgIpc) is 2.40. The first-order valence-electron chi connectivity index (χ1n) is 6.34. The smallest absolute Gasteiger partial charge is 0.0551 e. The van der Waals surface area contributed by atoms with Crippen LogP contribution in [0.3, 0.4) is 0 Å². The van der Waals surface area contributed by atoms with Crippen LogP contribution in [0.25, 0.3) is 0 Å². The SMILES string of the molecule is C=C[C]1c2ccc(cc2)C(C)(C)c2ccc1cc2. The number of hydrogen-bond acceptors (Lipinski definition) is 0. The maximum absolute atomic E-state index is 3.94. The lowest BCUT2D eigenvalue weighted by Gasteiger charge is -2.28. The molecule has 6 rings (SSSR count). The van der Waals surface area contributed by atoms with Crippen LogP contribution in [0.2, 0.25) is 0 Å². The van der Waals surface area contributed by atoms with Crippen LogP contribution >= 0.6 is 0 Å². The predicted molar refractivity (Wildman–Crippen MR) is 76.7 cm³/mol. The number of rotatable bonds is 1. The molecular formula is C18H17. The molecule has 0 fully saturated rings. The van der Waals surface area contributed by atoms with Crippen LogP contribution in [0.5, 0.6) is 0 Å². The largest absolute Gasteiger partial charge is 0.102 e. The lowest BCUT2D eigenvalue weighted by molar-refractivity contribution is 0.640. The summed E-state index contributed by atoms with van der Waals surface area (Å²) < 4.78 is 0. The Bertz CT molecular complexity index is 521. The van der Waals surface area contributed by atoms with Gasteiger partial charge in [-0.15, -0.1) is 6.58 Å². The Morgan fingerprint density at radius 1 is 0.778 bits per heavy atom. The molecular weight excluding hydrogens is 216 g/mol. The molecule has 0 nitrogen and oxygen atoms in total. The Hall–Kier alpha value is -1.82. The van der Waals surface area contributed by atoms with Gasteiger partial charge in [-0.1, -0.05) is 68.5 Å². The number of hydrogen-bond donors (Lipinski definition) is 0. The lowest BCUT2D eigenvalue weighted by atomic mass is 9.75. The molecule has 1 radical (unpaired) electrons. The molecule has 0 amide bonds. The molecule has 4 aliphatic carbocycles. The van der Waals surface area contributed by atoms with Gasteiger partial charge < -0.3 is 0 Å². The molecule has 0 saturated heterocycles. The van der Waals surface area contributed by atoms with E-state index in [4.69, 9.17) is 0 Å². The van der Waals surface area contributed by atoms with Crippen molar-refractivity contribution < 1.29 is 0 Å². The van der Waals surface area contributed by atoms with Gasteiger partial charge in [0, 0.05) is 5.41 Å². The van der Waals surface area contributed by atoms with Gasteiger partial charge in [-0.25, -0.2) is 0 Å². The maximum Gasteiger partial charge on any atom is 0.0551 e. The van der Waals surface area contributed by atoms with Crippen molar-refractivity contribution in [2.75, 3.05) is 0 Å². The summed E-state index contributed by atoms with van der Waals surface area (Å²) in [6, 6.07) is 17.7. The van der Waals surface area contributed by atoms with E-state index in [1.165, 1.54) is 28.2 Å². The summed E-state index contributed by atoms with van der Waals surface area (Å²) in [6.07, 6.45) is 1.94. The summed E-state index contributed by atoms with van der Waals surface area (Å²) in [5.41, 5.74) is 5.23. The van der Waals surface area contributed by atoms with E-state index in [9.17, 15) is 0 Å². The fraction of sp³-hybridized carbons (Fsp3) is 0.167. The normalized spacial score (nSPS) is 16.8. The number of benzene rings is 2. The van der Waals surface area contributed by atoms with Crippen LogP contribution in [-0.4, -0.2) is 0 Å². The first kappa shape index (κ1) is 11.3. The second-order valence-electron chi connectivity index (χ2n) is 5.40. The molecule has 2 aromatic carbocycles. The minimum Gasteiger partial charge on any atom is -0.102 e. The first-order chi connectivity index (χ1) is 8.63. The predicted octanol–water partition coefficient (Wildman–Crippen LogP) is 4.48. The van der Waals surface area contributed by atoms with Crippen molar-refractivity contribution >= 4 is 0 Å². The summed E-state index contributed by atoms with van der Waals surface area (Å²) in [5.74, 6) is 1.20. The van der Waals surface area contributed by atoms with Crippen LogP contribution in [0, 0.1) is 5.92 Å². The van der Waals surface area contributed by atoms with Crippen molar-refractivity contribution in [3.63, 3.8) is 0 Å². The monoisotopic (exact) mass is 233 g/mol. The van der Waals surface area contributed by atoms with E-state index >= 15 is 0 Å².